The number of carbonyl (C=O) groups is 1. The second kappa shape index (κ2) is 12.1. The van der Waals surface area contributed by atoms with E-state index < -0.39 is 0 Å². The normalized spacial score (nSPS) is 10.4. The molecule has 0 aliphatic carbocycles. The zero-order valence-corrected chi connectivity index (χ0v) is 19.2. The number of unbranched alkanes of at least 4 members (excludes halogenated alkanes) is 1. The number of carbonyl (C=O) groups excluding carboxylic acids is 1. The molecule has 1 amide bonds. The Morgan fingerprint density at radius 3 is 2.26 bits per heavy atom. The molecule has 0 radical (unpaired) electrons. The van der Waals surface area contributed by atoms with Gasteiger partial charge in [-0.15, -0.1) is 11.8 Å². The minimum atomic E-state index is -0.0360. The van der Waals surface area contributed by atoms with Crippen molar-refractivity contribution in [1.29, 1.82) is 0 Å². The minimum Gasteiger partial charge on any atom is -0.332 e. The molecule has 0 aliphatic rings. The van der Waals surface area contributed by atoms with Gasteiger partial charge in [-0.1, -0.05) is 55.8 Å². The number of anilines is 3. The quantitative estimate of drug-likeness (QED) is 0.255. The van der Waals surface area contributed by atoms with Gasteiger partial charge in [-0.3, -0.25) is 4.79 Å². The molecule has 0 saturated carbocycles. The molecule has 4 nitrogen and oxygen atoms in total. The van der Waals surface area contributed by atoms with Crippen LogP contribution in [0.2, 0.25) is 0 Å². The van der Waals surface area contributed by atoms with E-state index in [4.69, 9.17) is 12.2 Å². The SMILES string of the molecule is CCCCc1ccc(NC(=O)CSc2ccccc2NC(=S)Nc2ccccc2)cc1. The van der Waals surface area contributed by atoms with Gasteiger partial charge < -0.3 is 16.0 Å². The lowest BCUT2D eigenvalue weighted by atomic mass is 10.1. The highest BCUT2D eigenvalue weighted by Gasteiger charge is 2.09. The monoisotopic (exact) mass is 449 g/mol. The van der Waals surface area contributed by atoms with Crippen molar-refractivity contribution < 1.29 is 4.79 Å². The van der Waals surface area contributed by atoms with Crippen LogP contribution in [0.4, 0.5) is 17.1 Å². The van der Waals surface area contributed by atoms with Crippen molar-refractivity contribution in [3.8, 4) is 0 Å². The largest absolute Gasteiger partial charge is 0.332 e. The molecular weight excluding hydrogens is 422 g/mol. The molecule has 3 aromatic carbocycles. The summed E-state index contributed by atoms with van der Waals surface area (Å²) in [5.41, 5.74) is 3.92. The predicted molar refractivity (Wildman–Crippen MR) is 137 cm³/mol. The Morgan fingerprint density at radius 2 is 1.52 bits per heavy atom. The number of hydrogen-bond acceptors (Lipinski definition) is 3. The number of thioether (sulfide) groups is 1. The molecule has 0 aromatic heterocycles. The number of para-hydroxylation sites is 2. The highest BCUT2D eigenvalue weighted by atomic mass is 32.2. The Kier molecular flexibility index (Phi) is 8.94. The standard InChI is InChI=1S/C25H27N3OS2/c1-2-3-9-19-14-16-21(17-15-19)26-24(29)18-31-23-13-8-7-12-22(23)28-25(30)27-20-10-5-4-6-11-20/h4-8,10-17H,2-3,9,18H2,1H3,(H,26,29)(H2,27,28,30). The second-order valence-corrected chi connectivity index (χ2v) is 8.50. The van der Waals surface area contributed by atoms with E-state index in [0.717, 1.165) is 28.4 Å². The maximum atomic E-state index is 12.4. The van der Waals surface area contributed by atoms with E-state index in [-0.39, 0.29) is 5.91 Å². The Balaban J connectivity index is 1.52. The van der Waals surface area contributed by atoms with Crippen molar-refractivity contribution in [1.82, 2.24) is 0 Å². The van der Waals surface area contributed by atoms with E-state index in [9.17, 15) is 4.79 Å². The van der Waals surface area contributed by atoms with E-state index in [0.29, 0.717) is 10.9 Å². The van der Waals surface area contributed by atoms with Gasteiger partial charge in [0.05, 0.1) is 11.4 Å². The average molecular weight is 450 g/mol. The topological polar surface area (TPSA) is 53.2 Å². The average Bonchev–Trinajstić information content (AvgIpc) is 2.78. The van der Waals surface area contributed by atoms with Crippen molar-refractivity contribution in [2.45, 2.75) is 31.1 Å². The van der Waals surface area contributed by atoms with Gasteiger partial charge in [-0.05, 0) is 67.0 Å². The van der Waals surface area contributed by atoms with Crippen LogP contribution in [-0.4, -0.2) is 16.8 Å². The fourth-order valence-electron chi connectivity index (χ4n) is 2.98. The lowest BCUT2D eigenvalue weighted by Crippen LogP contribution is -2.19. The van der Waals surface area contributed by atoms with Gasteiger partial charge in [0.1, 0.15) is 0 Å². The van der Waals surface area contributed by atoms with E-state index in [1.807, 2.05) is 66.7 Å². The number of thiocarbonyl (C=S) groups is 1. The third kappa shape index (κ3) is 7.74. The smallest absolute Gasteiger partial charge is 0.234 e. The summed E-state index contributed by atoms with van der Waals surface area (Å²) in [6, 6.07) is 25.7. The van der Waals surface area contributed by atoms with Crippen molar-refractivity contribution in [3.63, 3.8) is 0 Å². The number of rotatable bonds is 9. The summed E-state index contributed by atoms with van der Waals surface area (Å²) < 4.78 is 0. The zero-order valence-electron chi connectivity index (χ0n) is 17.6. The van der Waals surface area contributed by atoms with Crippen molar-refractivity contribution in [2.24, 2.45) is 0 Å². The molecule has 3 rings (SSSR count). The molecule has 0 fully saturated rings. The number of benzene rings is 3. The van der Waals surface area contributed by atoms with Crippen LogP contribution in [0.25, 0.3) is 0 Å². The number of aryl methyl sites for hydroxylation is 1. The van der Waals surface area contributed by atoms with Gasteiger partial charge in [0.15, 0.2) is 5.11 Å². The van der Waals surface area contributed by atoms with Crippen LogP contribution in [0.15, 0.2) is 83.8 Å². The van der Waals surface area contributed by atoms with Crippen molar-refractivity contribution in [3.05, 3.63) is 84.4 Å². The summed E-state index contributed by atoms with van der Waals surface area (Å²) in [5, 5.41) is 9.86. The first-order valence-corrected chi connectivity index (χ1v) is 11.8. The van der Waals surface area contributed by atoms with E-state index in [1.165, 1.54) is 30.2 Å². The number of amides is 1. The minimum absolute atomic E-state index is 0.0360. The number of nitrogens with one attached hydrogen (secondary N) is 3. The molecule has 0 atom stereocenters. The summed E-state index contributed by atoms with van der Waals surface area (Å²) in [6.07, 6.45) is 3.44. The highest BCUT2D eigenvalue weighted by molar-refractivity contribution is 8.00. The van der Waals surface area contributed by atoms with Gasteiger partial charge in [-0.25, -0.2) is 0 Å². The van der Waals surface area contributed by atoms with Crippen LogP contribution in [0.5, 0.6) is 0 Å². The third-order valence-electron chi connectivity index (χ3n) is 4.58. The van der Waals surface area contributed by atoms with Crippen LogP contribution in [0.3, 0.4) is 0 Å². The Hall–Kier alpha value is -2.83. The molecule has 160 valence electrons. The molecule has 31 heavy (non-hydrogen) atoms. The number of hydrogen-bond donors (Lipinski definition) is 3. The summed E-state index contributed by atoms with van der Waals surface area (Å²) in [7, 11) is 0. The maximum Gasteiger partial charge on any atom is 0.234 e. The zero-order chi connectivity index (χ0) is 21.9. The summed E-state index contributed by atoms with van der Waals surface area (Å²) >= 11 is 6.90. The molecule has 0 spiro atoms. The first-order chi connectivity index (χ1) is 15.1. The Morgan fingerprint density at radius 1 is 0.839 bits per heavy atom. The fourth-order valence-corrected chi connectivity index (χ4v) is 4.01. The van der Waals surface area contributed by atoms with Crippen LogP contribution in [0, 0.1) is 0 Å². The molecule has 0 heterocycles. The second-order valence-electron chi connectivity index (χ2n) is 7.08. The van der Waals surface area contributed by atoms with Crippen molar-refractivity contribution in [2.75, 3.05) is 21.7 Å². The lowest BCUT2D eigenvalue weighted by molar-refractivity contribution is -0.113. The predicted octanol–water partition coefficient (Wildman–Crippen LogP) is 6.57. The van der Waals surface area contributed by atoms with Gasteiger partial charge in [-0.2, -0.15) is 0 Å². The highest BCUT2D eigenvalue weighted by Crippen LogP contribution is 2.27. The summed E-state index contributed by atoms with van der Waals surface area (Å²) in [4.78, 5) is 13.4. The van der Waals surface area contributed by atoms with Gasteiger partial charge >= 0.3 is 0 Å². The van der Waals surface area contributed by atoms with E-state index in [1.54, 1.807) is 0 Å². The molecule has 3 N–H and O–H groups in total. The van der Waals surface area contributed by atoms with Crippen LogP contribution >= 0.6 is 24.0 Å². The van der Waals surface area contributed by atoms with E-state index in [2.05, 4.69) is 35.0 Å². The van der Waals surface area contributed by atoms with E-state index >= 15 is 0 Å². The van der Waals surface area contributed by atoms with Gasteiger partial charge in [0, 0.05) is 16.3 Å². The van der Waals surface area contributed by atoms with Crippen LogP contribution in [-0.2, 0) is 11.2 Å². The van der Waals surface area contributed by atoms with Crippen molar-refractivity contribution >= 4 is 52.1 Å². The first-order valence-electron chi connectivity index (χ1n) is 10.4. The summed E-state index contributed by atoms with van der Waals surface area (Å²) in [5.74, 6) is 0.279. The Labute approximate surface area is 193 Å². The van der Waals surface area contributed by atoms with Gasteiger partial charge in [0.25, 0.3) is 0 Å². The molecule has 0 bridgehead atoms. The lowest BCUT2D eigenvalue weighted by Gasteiger charge is -2.14. The van der Waals surface area contributed by atoms with Crippen LogP contribution in [0.1, 0.15) is 25.3 Å². The molecule has 0 saturated heterocycles. The Bertz CT molecular complexity index is 991. The molecule has 0 unspecified atom stereocenters. The van der Waals surface area contributed by atoms with Crippen LogP contribution < -0.4 is 16.0 Å². The maximum absolute atomic E-state index is 12.4. The first kappa shape index (κ1) is 22.8. The molecule has 3 aromatic rings. The summed E-state index contributed by atoms with van der Waals surface area (Å²) in [6.45, 7) is 2.19. The van der Waals surface area contributed by atoms with Gasteiger partial charge in [0.2, 0.25) is 5.91 Å². The third-order valence-corrected chi connectivity index (χ3v) is 5.86. The fraction of sp³-hybridized carbons (Fsp3) is 0.200. The molecule has 6 heteroatoms. The molecular formula is C25H27N3OS2. The molecule has 0 aliphatic heterocycles.